The summed E-state index contributed by atoms with van der Waals surface area (Å²) in [5.74, 6) is -0.398. The Balaban J connectivity index is 1.12. The molecule has 10 heteroatoms. The van der Waals surface area contributed by atoms with Crippen LogP contribution in [0.25, 0.3) is 5.65 Å². The summed E-state index contributed by atoms with van der Waals surface area (Å²) in [6, 6.07) is 13.0. The number of carbonyl (C=O) groups is 3. The lowest BCUT2D eigenvalue weighted by molar-refractivity contribution is -0.117. The van der Waals surface area contributed by atoms with Gasteiger partial charge in [0, 0.05) is 38.0 Å². The van der Waals surface area contributed by atoms with Crippen LogP contribution in [0.1, 0.15) is 42.2 Å². The van der Waals surface area contributed by atoms with E-state index in [4.69, 9.17) is 0 Å². The van der Waals surface area contributed by atoms with Gasteiger partial charge in [-0.3, -0.25) is 24.0 Å². The SMILES string of the molecule is CC12CCC(=O)N1c1ccccc1C(=O)N2CCC(=O)Nc1cnn(Cc2cn3ccccc3n2)c1. The predicted molar refractivity (Wildman–Crippen MR) is 132 cm³/mol. The Kier molecular flexibility index (Phi) is 5.10. The van der Waals surface area contributed by atoms with Gasteiger partial charge in [-0.25, -0.2) is 4.98 Å². The molecular formula is C26H25N7O3. The lowest BCUT2D eigenvalue weighted by Crippen LogP contribution is -2.62. The number of imidazole rings is 1. The van der Waals surface area contributed by atoms with E-state index in [1.54, 1.807) is 39.0 Å². The van der Waals surface area contributed by atoms with Crippen molar-refractivity contribution in [3.05, 3.63) is 78.5 Å². The zero-order valence-electron chi connectivity index (χ0n) is 19.8. The van der Waals surface area contributed by atoms with Gasteiger partial charge in [0.2, 0.25) is 11.8 Å². The predicted octanol–water partition coefficient (Wildman–Crippen LogP) is 2.91. The molecule has 0 saturated carbocycles. The van der Waals surface area contributed by atoms with Crippen molar-refractivity contribution in [2.45, 2.75) is 38.4 Å². The molecule has 1 fully saturated rings. The minimum atomic E-state index is -0.776. The molecule has 3 aromatic heterocycles. The van der Waals surface area contributed by atoms with Crippen LogP contribution in [-0.2, 0) is 16.1 Å². The van der Waals surface area contributed by atoms with Crippen LogP contribution in [0.2, 0.25) is 0 Å². The fraction of sp³-hybridized carbons (Fsp3) is 0.269. The van der Waals surface area contributed by atoms with Gasteiger partial charge in [0.05, 0.1) is 35.4 Å². The summed E-state index contributed by atoms with van der Waals surface area (Å²) in [6.45, 7) is 2.57. The van der Waals surface area contributed by atoms with Crippen molar-refractivity contribution in [3.63, 3.8) is 0 Å². The molecule has 0 aliphatic carbocycles. The lowest BCUT2D eigenvalue weighted by Gasteiger charge is -2.48. The second-order valence-corrected chi connectivity index (χ2v) is 9.34. The van der Waals surface area contributed by atoms with Gasteiger partial charge in [0.15, 0.2) is 0 Å². The maximum absolute atomic E-state index is 13.3. The number of carbonyl (C=O) groups excluding carboxylic acids is 3. The van der Waals surface area contributed by atoms with E-state index in [0.717, 1.165) is 11.3 Å². The second kappa shape index (κ2) is 8.33. The molecule has 2 aliphatic heterocycles. The summed E-state index contributed by atoms with van der Waals surface area (Å²) in [7, 11) is 0. The average Bonchev–Trinajstić information content (AvgIpc) is 3.56. The number of aromatic nitrogens is 4. The molecule has 1 N–H and O–H groups in total. The zero-order valence-corrected chi connectivity index (χ0v) is 19.8. The minimum Gasteiger partial charge on any atom is -0.323 e. The van der Waals surface area contributed by atoms with Crippen LogP contribution in [0, 0.1) is 0 Å². The highest BCUT2D eigenvalue weighted by atomic mass is 16.2. The van der Waals surface area contributed by atoms with Gasteiger partial charge in [-0.05, 0) is 37.6 Å². The molecule has 0 bridgehead atoms. The Hall–Kier alpha value is -4.47. The monoisotopic (exact) mass is 483 g/mol. The Bertz CT molecular complexity index is 1470. The van der Waals surface area contributed by atoms with E-state index >= 15 is 0 Å². The number of nitrogens with one attached hydrogen (secondary N) is 1. The summed E-state index contributed by atoms with van der Waals surface area (Å²) in [5.41, 5.74) is 2.64. The number of amides is 3. The molecule has 2 aliphatic rings. The highest BCUT2D eigenvalue weighted by Crippen LogP contribution is 2.43. The van der Waals surface area contributed by atoms with Crippen molar-refractivity contribution >= 4 is 34.7 Å². The largest absolute Gasteiger partial charge is 0.323 e. The molecule has 1 saturated heterocycles. The van der Waals surface area contributed by atoms with Crippen LogP contribution < -0.4 is 10.2 Å². The Morgan fingerprint density at radius 1 is 1.11 bits per heavy atom. The van der Waals surface area contributed by atoms with Crippen molar-refractivity contribution in [1.29, 1.82) is 0 Å². The van der Waals surface area contributed by atoms with Crippen molar-refractivity contribution in [2.24, 2.45) is 0 Å². The maximum atomic E-state index is 13.3. The standard InChI is InChI=1S/C26H25N7O3/c1-26-11-9-24(35)33(26)21-7-3-2-6-20(21)25(36)32(26)13-10-23(34)29-18-14-27-31(16-18)17-19-15-30-12-5-4-8-22(30)28-19/h2-8,12,14-16H,9-11,13,17H2,1H3,(H,29,34). The van der Waals surface area contributed by atoms with Crippen LogP contribution in [0.4, 0.5) is 11.4 Å². The summed E-state index contributed by atoms with van der Waals surface area (Å²) in [6.07, 6.45) is 8.23. The summed E-state index contributed by atoms with van der Waals surface area (Å²) in [5, 5.41) is 7.19. The smallest absolute Gasteiger partial charge is 0.257 e. The van der Waals surface area contributed by atoms with Gasteiger partial charge >= 0.3 is 0 Å². The van der Waals surface area contributed by atoms with Gasteiger partial charge in [-0.15, -0.1) is 0 Å². The molecule has 1 atom stereocenters. The second-order valence-electron chi connectivity index (χ2n) is 9.34. The van der Waals surface area contributed by atoms with E-state index in [1.165, 1.54) is 0 Å². The number of rotatable bonds is 6. The third kappa shape index (κ3) is 3.62. The molecule has 0 spiro atoms. The molecular weight excluding hydrogens is 458 g/mol. The number of hydrogen-bond acceptors (Lipinski definition) is 5. The highest BCUT2D eigenvalue weighted by molar-refractivity contribution is 6.10. The number of para-hydroxylation sites is 1. The van der Waals surface area contributed by atoms with Gasteiger partial charge < -0.3 is 14.6 Å². The molecule has 36 heavy (non-hydrogen) atoms. The quantitative estimate of drug-likeness (QED) is 0.454. The summed E-state index contributed by atoms with van der Waals surface area (Å²) in [4.78, 5) is 46.7. The number of hydrogen-bond donors (Lipinski definition) is 1. The normalized spacial score (nSPS) is 19.0. The Morgan fingerprint density at radius 2 is 1.94 bits per heavy atom. The summed E-state index contributed by atoms with van der Waals surface area (Å²) >= 11 is 0. The van der Waals surface area contributed by atoms with Gasteiger partial charge in [-0.2, -0.15) is 5.10 Å². The maximum Gasteiger partial charge on any atom is 0.257 e. The van der Waals surface area contributed by atoms with Crippen molar-refractivity contribution < 1.29 is 14.4 Å². The van der Waals surface area contributed by atoms with Gasteiger partial charge in [0.25, 0.3) is 5.91 Å². The molecule has 6 rings (SSSR count). The molecule has 1 aromatic carbocycles. The average molecular weight is 484 g/mol. The van der Waals surface area contributed by atoms with E-state index in [2.05, 4.69) is 15.4 Å². The first-order chi connectivity index (χ1) is 17.4. The number of benzene rings is 1. The topological polar surface area (TPSA) is 105 Å². The molecule has 1 unspecified atom stereocenters. The molecule has 3 amide bonds. The molecule has 0 radical (unpaired) electrons. The molecule has 5 heterocycles. The first-order valence-electron chi connectivity index (χ1n) is 11.9. The van der Waals surface area contributed by atoms with Crippen molar-refractivity contribution in [1.82, 2.24) is 24.1 Å². The highest BCUT2D eigenvalue weighted by Gasteiger charge is 2.52. The fourth-order valence-electron chi connectivity index (χ4n) is 5.22. The van der Waals surface area contributed by atoms with Crippen LogP contribution >= 0.6 is 0 Å². The van der Waals surface area contributed by atoms with Crippen molar-refractivity contribution in [2.75, 3.05) is 16.8 Å². The Morgan fingerprint density at radius 3 is 2.81 bits per heavy atom. The van der Waals surface area contributed by atoms with Crippen LogP contribution in [0.3, 0.4) is 0 Å². The van der Waals surface area contributed by atoms with Gasteiger partial charge in [-0.1, -0.05) is 18.2 Å². The van der Waals surface area contributed by atoms with E-state index in [1.807, 2.05) is 54.0 Å². The third-order valence-corrected chi connectivity index (χ3v) is 6.96. The molecule has 10 nitrogen and oxygen atoms in total. The van der Waals surface area contributed by atoms with Crippen LogP contribution in [0.15, 0.2) is 67.3 Å². The first-order valence-corrected chi connectivity index (χ1v) is 11.9. The lowest BCUT2D eigenvalue weighted by atomic mass is 9.98. The molecule has 4 aromatic rings. The number of nitrogens with zero attached hydrogens (tertiary/aromatic N) is 6. The van der Waals surface area contributed by atoms with E-state index in [0.29, 0.717) is 36.3 Å². The van der Waals surface area contributed by atoms with Crippen LogP contribution in [0.5, 0.6) is 0 Å². The van der Waals surface area contributed by atoms with E-state index in [-0.39, 0.29) is 30.7 Å². The molecule has 182 valence electrons. The Labute approximate surface area is 207 Å². The minimum absolute atomic E-state index is 0.00933. The summed E-state index contributed by atoms with van der Waals surface area (Å²) < 4.78 is 3.66. The van der Waals surface area contributed by atoms with Crippen molar-refractivity contribution in [3.8, 4) is 0 Å². The number of fused-ring (bicyclic) bond motifs is 4. The van der Waals surface area contributed by atoms with E-state index < -0.39 is 5.66 Å². The van der Waals surface area contributed by atoms with E-state index in [9.17, 15) is 14.4 Å². The first kappa shape index (κ1) is 22.0. The van der Waals surface area contributed by atoms with Crippen LogP contribution in [-0.4, -0.2) is 54.0 Å². The third-order valence-electron chi connectivity index (χ3n) is 6.96. The fourth-order valence-corrected chi connectivity index (χ4v) is 5.22. The van der Waals surface area contributed by atoms with Gasteiger partial charge in [0.1, 0.15) is 11.3 Å². The number of pyridine rings is 1. The zero-order chi connectivity index (χ0) is 24.9. The number of anilines is 2.